The zero-order valence-corrected chi connectivity index (χ0v) is 22.8. The Morgan fingerprint density at radius 2 is 1.82 bits per heavy atom. The van der Waals surface area contributed by atoms with Crippen LogP contribution in [0, 0.1) is 6.92 Å². The van der Waals surface area contributed by atoms with Crippen LogP contribution in [0.5, 0.6) is 11.5 Å². The third kappa shape index (κ3) is 5.72. The molecule has 14 heteroatoms. The van der Waals surface area contributed by atoms with E-state index >= 15 is 0 Å². The van der Waals surface area contributed by atoms with Crippen LogP contribution in [0.25, 0.3) is 5.69 Å². The predicted octanol–water partition coefficient (Wildman–Crippen LogP) is 2.38. The first kappa shape index (κ1) is 27.7. The van der Waals surface area contributed by atoms with Gasteiger partial charge in [0.2, 0.25) is 16.0 Å². The summed E-state index contributed by atoms with van der Waals surface area (Å²) >= 11 is 0. The molecule has 3 heterocycles. The van der Waals surface area contributed by atoms with Crippen molar-refractivity contribution in [3.63, 3.8) is 0 Å². The largest absolute Gasteiger partial charge is 0.494 e. The van der Waals surface area contributed by atoms with Crippen LogP contribution in [0.15, 0.2) is 30.6 Å². The number of methoxy groups -OCH3 is 2. The van der Waals surface area contributed by atoms with Crippen molar-refractivity contribution in [2.24, 2.45) is 0 Å². The van der Waals surface area contributed by atoms with Crippen LogP contribution in [0.1, 0.15) is 43.3 Å². The van der Waals surface area contributed by atoms with Gasteiger partial charge in [0.1, 0.15) is 34.6 Å². The number of sulfonamides is 1. The molecule has 0 amide bonds. The number of para-hydroxylation sites is 1. The van der Waals surface area contributed by atoms with Gasteiger partial charge in [-0.2, -0.15) is 0 Å². The van der Waals surface area contributed by atoms with Crippen molar-refractivity contribution in [3.05, 3.63) is 47.8 Å². The van der Waals surface area contributed by atoms with Gasteiger partial charge in [0.25, 0.3) is 0 Å². The third-order valence-electron chi connectivity index (χ3n) is 5.97. The van der Waals surface area contributed by atoms with Gasteiger partial charge in [-0.05, 0) is 38.5 Å². The van der Waals surface area contributed by atoms with Crippen molar-refractivity contribution in [2.75, 3.05) is 45.4 Å². The summed E-state index contributed by atoms with van der Waals surface area (Å²) in [5.74, 6) is 1.33. The summed E-state index contributed by atoms with van der Waals surface area (Å²) in [5, 5.41) is 7.36. The number of ether oxygens (including phenoxy) is 5. The molecule has 3 atom stereocenters. The number of benzene rings is 1. The van der Waals surface area contributed by atoms with Crippen molar-refractivity contribution in [3.8, 4) is 17.2 Å². The van der Waals surface area contributed by atoms with Crippen LogP contribution in [0.2, 0.25) is 0 Å². The maximum Gasteiger partial charge on any atom is 0.243 e. The Balaban J connectivity index is 1.78. The molecule has 0 bridgehead atoms. The summed E-state index contributed by atoms with van der Waals surface area (Å²) in [7, 11) is -1.11. The van der Waals surface area contributed by atoms with Crippen molar-refractivity contribution in [2.45, 2.75) is 38.2 Å². The average Bonchev–Trinajstić information content (AvgIpc) is 3.34. The predicted molar refractivity (Wildman–Crippen MR) is 137 cm³/mol. The highest BCUT2D eigenvalue weighted by Crippen LogP contribution is 2.38. The summed E-state index contributed by atoms with van der Waals surface area (Å²) in [4.78, 5) is 8.58. The number of nitrogens with one attached hydrogen (secondary N) is 1. The van der Waals surface area contributed by atoms with Gasteiger partial charge in [0.15, 0.2) is 11.6 Å². The molecule has 1 N–H and O–H groups in total. The van der Waals surface area contributed by atoms with Crippen molar-refractivity contribution < 1.29 is 32.1 Å². The zero-order valence-electron chi connectivity index (χ0n) is 21.9. The number of anilines is 1. The molecular weight excluding hydrogens is 516 g/mol. The maximum atomic E-state index is 13.7. The first-order valence-corrected chi connectivity index (χ1v) is 13.6. The van der Waals surface area contributed by atoms with Gasteiger partial charge < -0.3 is 23.7 Å². The fraction of sp³-hybridized carbons (Fsp3) is 0.500. The first-order valence-electron chi connectivity index (χ1n) is 12.1. The quantitative estimate of drug-likeness (QED) is 0.376. The fourth-order valence-corrected chi connectivity index (χ4v) is 5.11. The molecule has 2 aromatic heterocycles. The highest BCUT2D eigenvalue weighted by atomic mass is 32.2. The summed E-state index contributed by atoms with van der Waals surface area (Å²) in [5.41, 5.74) is 1.25. The highest BCUT2D eigenvalue weighted by Gasteiger charge is 2.36. The standard InChI is InChI=1S/C24H32N6O7S/c1-6-36-21(22-25-12-15(2)13-26-22)16(3)38(31,32)29-24-28-27-23(19-14-35-10-11-37-19)30(24)20-17(33-4)8-7-9-18(20)34-5/h7-9,12-13,16,19,21H,6,10-11,14H2,1-5H3,(H,28,29)/t16?,19-,21?/m0/s1. The molecule has 1 saturated heterocycles. The third-order valence-corrected chi connectivity index (χ3v) is 7.66. The fourth-order valence-electron chi connectivity index (χ4n) is 4.01. The molecule has 1 aliphatic rings. The number of rotatable bonds is 11. The maximum absolute atomic E-state index is 13.7. The second kappa shape index (κ2) is 12.0. The molecule has 0 aliphatic carbocycles. The van der Waals surface area contributed by atoms with E-state index in [2.05, 4.69) is 24.9 Å². The molecule has 4 rings (SSSR count). The van der Waals surface area contributed by atoms with E-state index in [-0.39, 0.29) is 25.0 Å². The molecular formula is C24H32N6O7S. The molecule has 1 aliphatic heterocycles. The lowest BCUT2D eigenvalue weighted by atomic mass is 10.2. The van der Waals surface area contributed by atoms with E-state index in [9.17, 15) is 8.42 Å². The van der Waals surface area contributed by atoms with Gasteiger partial charge >= 0.3 is 0 Å². The molecule has 0 radical (unpaired) electrons. The van der Waals surface area contributed by atoms with E-state index in [0.29, 0.717) is 36.2 Å². The van der Waals surface area contributed by atoms with E-state index in [1.165, 1.54) is 25.7 Å². The van der Waals surface area contributed by atoms with Crippen LogP contribution in [-0.2, 0) is 24.2 Å². The van der Waals surface area contributed by atoms with Gasteiger partial charge in [-0.25, -0.2) is 18.4 Å². The van der Waals surface area contributed by atoms with E-state index in [4.69, 9.17) is 23.7 Å². The lowest BCUT2D eigenvalue weighted by molar-refractivity contribution is -0.0941. The zero-order chi connectivity index (χ0) is 27.3. The molecule has 0 saturated carbocycles. The molecule has 38 heavy (non-hydrogen) atoms. The van der Waals surface area contributed by atoms with Gasteiger partial charge in [-0.15, -0.1) is 10.2 Å². The number of hydrogen-bond donors (Lipinski definition) is 1. The smallest absolute Gasteiger partial charge is 0.243 e. The molecule has 1 fully saturated rings. The minimum absolute atomic E-state index is 0.0797. The van der Waals surface area contributed by atoms with Crippen molar-refractivity contribution in [1.82, 2.24) is 24.7 Å². The summed E-state index contributed by atoms with van der Waals surface area (Å²) < 4.78 is 59.8. The van der Waals surface area contributed by atoms with E-state index in [0.717, 1.165) is 5.56 Å². The van der Waals surface area contributed by atoms with Crippen molar-refractivity contribution in [1.29, 1.82) is 0 Å². The van der Waals surface area contributed by atoms with Crippen molar-refractivity contribution >= 4 is 16.0 Å². The SMILES string of the molecule is CCOC(c1ncc(C)cn1)C(C)S(=O)(=O)Nc1nnc([C@@H]2COCCO2)n1-c1c(OC)cccc1OC. The number of aromatic nitrogens is 5. The van der Waals surface area contributed by atoms with E-state index < -0.39 is 27.5 Å². The number of aryl methyl sites for hydroxylation is 1. The van der Waals surface area contributed by atoms with Gasteiger partial charge in [-0.1, -0.05) is 6.07 Å². The Kier molecular flexibility index (Phi) is 8.76. The van der Waals surface area contributed by atoms with Crippen LogP contribution in [-0.4, -0.2) is 79.0 Å². The molecule has 1 aromatic carbocycles. The lowest BCUT2D eigenvalue weighted by Gasteiger charge is -2.25. The normalized spacial score (nSPS) is 17.6. The Morgan fingerprint density at radius 1 is 1.13 bits per heavy atom. The second-order valence-corrected chi connectivity index (χ2v) is 10.5. The monoisotopic (exact) mass is 548 g/mol. The Labute approximate surface area is 221 Å². The molecule has 13 nitrogen and oxygen atoms in total. The Hall–Kier alpha value is -3.33. The summed E-state index contributed by atoms with van der Waals surface area (Å²) in [6.45, 7) is 6.42. The van der Waals surface area contributed by atoms with Gasteiger partial charge in [-0.3, -0.25) is 9.29 Å². The highest BCUT2D eigenvalue weighted by molar-refractivity contribution is 7.93. The second-order valence-electron chi connectivity index (χ2n) is 8.51. The molecule has 3 aromatic rings. The van der Waals surface area contributed by atoms with E-state index in [1.807, 2.05) is 6.92 Å². The Morgan fingerprint density at radius 3 is 2.39 bits per heavy atom. The topological polar surface area (TPSA) is 149 Å². The van der Waals surface area contributed by atoms with Crippen LogP contribution >= 0.6 is 0 Å². The van der Waals surface area contributed by atoms with Crippen LogP contribution in [0.3, 0.4) is 0 Å². The number of hydrogen-bond acceptors (Lipinski definition) is 11. The minimum atomic E-state index is -4.11. The summed E-state index contributed by atoms with van der Waals surface area (Å²) in [6, 6.07) is 5.20. The molecule has 0 spiro atoms. The minimum Gasteiger partial charge on any atom is -0.494 e. The lowest BCUT2D eigenvalue weighted by Crippen LogP contribution is -2.34. The molecule has 206 valence electrons. The molecule has 2 unspecified atom stereocenters. The Bertz CT molecular complexity index is 1300. The average molecular weight is 549 g/mol. The van der Waals surface area contributed by atoms with Gasteiger partial charge in [0, 0.05) is 19.0 Å². The summed E-state index contributed by atoms with van der Waals surface area (Å²) in [6.07, 6.45) is 1.71. The van der Waals surface area contributed by atoms with Crippen LogP contribution in [0.4, 0.5) is 5.95 Å². The number of nitrogens with zero attached hydrogens (tertiary/aromatic N) is 5. The van der Waals surface area contributed by atoms with E-state index in [1.54, 1.807) is 37.5 Å². The van der Waals surface area contributed by atoms with Crippen LogP contribution < -0.4 is 14.2 Å². The first-order chi connectivity index (χ1) is 18.3. The van der Waals surface area contributed by atoms with Gasteiger partial charge in [0.05, 0.1) is 34.0 Å².